The highest BCUT2D eigenvalue weighted by molar-refractivity contribution is 7.26. The largest absolute Gasteiger partial charge is 0.134 e. The monoisotopic (exact) mass is 794 g/mol. The Hall–Kier alpha value is -6.80. The average Bonchev–Trinajstić information content (AvgIpc) is 3.87. The van der Waals surface area contributed by atoms with Crippen molar-refractivity contribution in [2.45, 2.75) is 38.5 Å². The third-order valence-electron chi connectivity index (χ3n) is 14.4. The van der Waals surface area contributed by atoms with Gasteiger partial charge in [-0.15, -0.1) is 11.3 Å². The Kier molecular flexibility index (Phi) is 7.11. The molecule has 0 saturated carbocycles. The van der Waals surface area contributed by atoms with E-state index in [4.69, 9.17) is 0 Å². The second kappa shape index (κ2) is 12.4. The zero-order valence-electron chi connectivity index (χ0n) is 34.7. The smallest absolute Gasteiger partial charge is 0.0434 e. The van der Waals surface area contributed by atoms with Crippen molar-refractivity contribution in [3.8, 4) is 55.6 Å². The highest BCUT2D eigenvalue weighted by atomic mass is 32.1. The molecule has 0 atom stereocenters. The zero-order chi connectivity index (χ0) is 40.8. The molecule has 1 heteroatoms. The lowest BCUT2D eigenvalue weighted by atomic mass is 9.77. The zero-order valence-corrected chi connectivity index (χ0v) is 35.5. The van der Waals surface area contributed by atoms with Gasteiger partial charge in [0.05, 0.1) is 0 Å². The van der Waals surface area contributed by atoms with Crippen LogP contribution < -0.4 is 0 Å². The van der Waals surface area contributed by atoms with Crippen molar-refractivity contribution in [3.05, 3.63) is 204 Å². The fraction of sp³-hybridized carbons (Fsp3) is 0.100. The third kappa shape index (κ3) is 4.70. The quantitative estimate of drug-likeness (QED) is 0.156. The molecule has 288 valence electrons. The van der Waals surface area contributed by atoms with Crippen LogP contribution in [0.3, 0.4) is 0 Å². The third-order valence-corrected chi connectivity index (χ3v) is 15.6. The van der Waals surface area contributed by atoms with E-state index in [1.165, 1.54) is 130 Å². The van der Waals surface area contributed by atoms with Crippen LogP contribution in [0.5, 0.6) is 0 Å². The van der Waals surface area contributed by atoms with E-state index in [1.807, 2.05) is 11.3 Å². The first kappa shape index (κ1) is 35.0. The van der Waals surface area contributed by atoms with Crippen LogP contribution in [0, 0.1) is 0 Å². The minimum absolute atomic E-state index is 0.159. The van der Waals surface area contributed by atoms with Gasteiger partial charge in [-0.1, -0.05) is 191 Å². The van der Waals surface area contributed by atoms with Crippen LogP contribution in [0.25, 0.3) is 108 Å². The van der Waals surface area contributed by atoms with Crippen LogP contribution in [-0.4, -0.2) is 0 Å². The highest BCUT2D eigenvalue weighted by Gasteiger charge is 2.41. The second-order valence-corrected chi connectivity index (χ2v) is 19.4. The first-order valence-electron chi connectivity index (χ1n) is 21.6. The van der Waals surface area contributed by atoms with E-state index < -0.39 is 0 Å². The van der Waals surface area contributed by atoms with E-state index in [9.17, 15) is 0 Å². The van der Waals surface area contributed by atoms with E-state index in [1.54, 1.807) is 0 Å². The van der Waals surface area contributed by atoms with Crippen molar-refractivity contribution in [1.29, 1.82) is 0 Å². The molecule has 10 aromatic carbocycles. The summed E-state index contributed by atoms with van der Waals surface area (Å²) in [5.74, 6) is 0. The molecule has 2 aliphatic rings. The van der Waals surface area contributed by atoms with Crippen molar-refractivity contribution < 1.29 is 0 Å². The Bertz CT molecular complexity index is 3630. The fourth-order valence-corrected chi connectivity index (χ4v) is 12.9. The molecular formula is C60H42S. The van der Waals surface area contributed by atoms with Gasteiger partial charge >= 0.3 is 0 Å². The Morgan fingerprint density at radius 2 is 0.951 bits per heavy atom. The van der Waals surface area contributed by atoms with E-state index in [0.29, 0.717) is 0 Å². The van der Waals surface area contributed by atoms with Crippen molar-refractivity contribution in [2.24, 2.45) is 0 Å². The van der Waals surface area contributed by atoms with Crippen molar-refractivity contribution in [1.82, 2.24) is 0 Å². The van der Waals surface area contributed by atoms with Gasteiger partial charge in [0, 0.05) is 31.0 Å². The van der Waals surface area contributed by atoms with E-state index in [2.05, 4.69) is 210 Å². The average molecular weight is 795 g/mol. The topological polar surface area (TPSA) is 0 Å². The number of hydrogen-bond acceptors (Lipinski definition) is 1. The summed E-state index contributed by atoms with van der Waals surface area (Å²) < 4.78 is 2.74. The maximum absolute atomic E-state index is 2.53. The molecule has 1 heterocycles. The van der Waals surface area contributed by atoms with Crippen LogP contribution in [0.15, 0.2) is 182 Å². The summed E-state index contributed by atoms with van der Waals surface area (Å²) in [6, 6.07) is 68.8. The number of benzene rings is 10. The fourth-order valence-electron chi connectivity index (χ4n) is 11.6. The second-order valence-electron chi connectivity index (χ2n) is 18.3. The molecule has 61 heavy (non-hydrogen) atoms. The Balaban J connectivity index is 1.03. The van der Waals surface area contributed by atoms with Crippen LogP contribution in [-0.2, 0) is 10.8 Å². The summed E-state index contributed by atoms with van der Waals surface area (Å²) in [6.07, 6.45) is 0. The number of thiophene rings is 1. The Morgan fingerprint density at radius 1 is 0.344 bits per heavy atom. The van der Waals surface area contributed by atoms with Crippen molar-refractivity contribution in [3.63, 3.8) is 0 Å². The Morgan fingerprint density at radius 3 is 1.69 bits per heavy atom. The van der Waals surface area contributed by atoms with Gasteiger partial charge in [0.1, 0.15) is 0 Å². The molecule has 13 rings (SSSR count). The van der Waals surface area contributed by atoms with Crippen molar-refractivity contribution in [2.75, 3.05) is 0 Å². The minimum Gasteiger partial charge on any atom is -0.134 e. The summed E-state index contributed by atoms with van der Waals surface area (Å²) in [7, 11) is 0. The van der Waals surface area contributed by atoms with Crippen LogP contribution in [0.1, 0.15) is 49.9 Å². The van der Waals surface area contributed by atoms with Gasteiger partial charge in [0.15, 0.2) is 0 Å². The van der Waals surface area contributed by atoms with Gasteiger partial charge in [-0.2, -0.15) is 0 Å². The standard InChI is InChI=1S/C60H42S/c1-59(2)50-31-28-37(47-34-52-55(46-30-26-35-16-8-9-19-39(35)58(46)61-52)56-45-24-14-15-25-49(45)60(3,4)57(47)56)32-48(50)40-29-27-38(33-51(40)59)54-43-22-12-10-20-41(43)53(36-17-6-5-7-18-36)42-21-11-13-23-44(42)54/h5-34H,1-4H3. The number of fused-ring (bicyclic) bond motifs is 14. The van der Waals surface area contributed by atoms with Crippen LogP contribution in [0.2, 0.25) is 0 Å². The van der Waals surface area contributed by atoms with E-state index >= 15 is 0 Å². The molecule has 0 spiro atoms. The molecule has 0 fully saturated rings. The predicted octanol–water partition coefficient (Wildman–Crippen LogP) is 17.1. The first-order chi connectivity index (χ1) is 29.8. The van der Waals surface area contributed by atoms with E-state index in [0.717, 1.165) is 0 Å². The number of rotatable bonds is 3. The lowest BCUT2D eigenvalue weighted by Gasteiger charge is -2.25. The normalized spacial score (nSPS) is 14.5. The number of hydrogen-bond donors (Lipinski definition) is 0. The molecule has 0 radical (unpaired) electrons. The summed E-state index contributed by atoms with van der Waals surface area (Å²) in [5, 5.41) is 10.6. The predicted molar refractivity (Wildman–Crippen MR) is 263 cm³/mol. The molecule has 0 nitrogen and oxygen atoms in total. The minimum atomic E-state index is -0.164. The SMILES string of the molecule is CC1(C)c2ccc(-c3cc4sc5c6ccccc6ccc5c4c4c3C(C)(C)c3ccccc3-4)cc2-c2ccc(-c3c4ccccc4c(-c4ccccc4)c4ccccc34)cc21. The molecule has 0 N–H and O–H groups in total. The molecule has 2 aliphatic carbocycles. The first-order valence-corrected chi connectivity index (χ1v) is 22.4. The lowest BCUT2D eigenvalue weighted by molar-refractivity contribution is 0.660. The van der Waals surface area contributed by atoms with Gasteiger partial charge in [-0.05, 0) is 128 Å². The van der Waals surface area contributed by atoms with Crippen LogP contribution in [0.4, 0.5) is 0 Å². The molecule has 1 aromatic heterocycles. The van der Waals surface area contributed by atoms with E-state index in [-0.39, 0.29) is 10.8 Å². The lowest BCUT2D eigenvalue weighted by Crippen LogP contribution is -2.16. The molecule has 0 amide bonds. The van der Waals surface area contributed by atoms with Gasteiger partial charge in [0.2, 0.25) is 0 Å². The molecule has 0 aliphatic heterocycles. The van der Waals surface area contributed by atoms with Crippen LogP contribution >= 0.6 is 11.3 Å². The molecular weight excluding hydrogens is 753 g/mol. The van der Waals surface area contributed by atoms with Gasteiger partial charge in [0.25, 0.3) is 0 Å². The maximum atomic E-state index is 2.53. The van der Waals surface area contributed by atoms with Gasteiger partial charge in [-0.3, -0.25) is 0 Å². The molecule has 11 aromatic rings. The maximum Gasteiger partial charge on any atom is 0.0434 e. The van der Waals surface area contributed by atoms with Gasteiger partial charge in [-0.25, -0.2) is 0 Å². The van der Waals surface area contributed by atoms with Gasteiger partial charge < -0.3 is 0 Å². The Labute approximate surface area is 360 Å². The molecule has 0 bridgehead atoms. The summed E-state index contributed by atoms with van der Waals surface area (Å²) in [4.78, 5) is 0. The summed E-state index contributed by atoms with van der Waals surface area (Å²) >= 11 is 1.95. The molecule has 0 saturated heterocycles. The molecule has 0 unspecified atom stereocenters. The van der Waals surface area contributed by atoms with Crippen molar-refractivity contribution >= 4 is 63.8 Å². The summed E-state index contributed by atoms with van der Waals surface area (Å²) in [5.41, 5.74) is 18.6. The highest BCUT2D eigenvalue weighted by Crippen LogP contribution is 2.59. The summed E-state index contributed by atoms with van der Waals surface area (Å²) in [6.45, 7) is 9.70.